The summed E-state index contributed by atoms with van der Waals surface area (Å²) >= 11 is 0. The van der Waals surface area contributed by atoms with Crippen LogP contribution in [0.1, 0.15) is 33.4 Å². The molecule has 1 aliphatic carbocycles. The number of nitro groups is 2. The lowest BCUT2D eigenvalue weighted by atomic mass is 9.89. The van der Waals surface area contributed by atoms with Gasteiger partial charge >= 0.3 is 0 Å². The van der Waals surface area contributed by atoms with Gasteiger partial charge in [-0.3, -0.25) is 20.2 Å². The summed E-state index contributed by atoms with van der Waals surface area (Å²) in [6.07, 6.45) is 0. The number of sulfonamides is 2. The van der Waals surface area contributed by atoms with Crippen LogP contribution >= 0.6 is 0 Å². The number of nitro benzene ring substituents is 2. The Kier molecular flexibility index (Phi) is 10.1. The van der Waals surface area contributed by atoms with Crippen LogP contribution in [0.2, 0.25) is 0 Å². The molecule has 336 valence electrons. The Morgan fingerprint density at radius 2 is 0.735 bits per heavy atom. The average Bonchev–Trinajstić information content (AvgIpc) is 4.01. The van der Waals surface area contributed by atoms with Crippen LogP contribution in [-0.2, 0) is 46.2 Å². The van der Waals surface area contributed by atoms with Crippen molar-refractivity contribution in [3.63, 3.8) is 0 Å². The van der Waals surface area contributed by atoms with E-state index >= 15 is 0 Å². The van der Waals surface area contributed by atoms with Gasteiger partial charge in [-0.05, 0) is 161 Å². The molecule has 0 atom stereocenters. The maximum absolute atomic E-state index is 14.6. The molecule has 0 unspecified atom stereocenters. The van der Waals surface area contributed by atoms with Crippen molar-refractivity contribution in [1.29, 1.82) is 0 Å². The van der Waals surface area contributed by atoms with Crippen molar-refractivity contribution < 1.29 is 26.7 Å². The zero-order valence-corrected chi connectivity index (χ0v) is 38.3. The SMILES string of the molecule is Cc1ccc(S(=O)(=O)N2Cc3c(-c4ccc([N+](=O)[O-])cc4)cc4/c(c3C2)=c2/cccc/c2=c2\cc(-c3ccc([N+](=O)[O-])cc3)c3c(\c2=c2/cccc/c2=4)CN(S(=O)(=O)c2ccc(C)cc2)C3)cc1. The summed E-state index contributed by atoms with van der Waals surface area (Å²) in [7, 11) is -8.03. The molecule has 0 aromatic heterocycles. The van der Waals surface area contributed by atoms with Crippen molar-refractivity contribution in [3.05, 3.63) is 253 Å². The molecule has 11 rings (SSSR count). The maximum Gasteiger partial charge on any atom is 0.269 e. The van der Waals surface area contributed by atoms with Crippen LogP contribution < -0.4 is 0 Å². The third kappa shape index (κ3) is 6.94. The molecule has 3 aliphatic rings. The van der Waals surface area contributed by atoms with E-state index in [1.165, 1.54) is 32.9 Å². The highest BCUT2D eigenvalue weighted by Gasteiger charge is 2.36. The normalized spacial score (nSPS) is 16.3. The molecule has 14 heteroatoms. The maximum atomic E-state index is 14.6. The van der Waals surface area contributed by atoms with E-state index in [4.69, 9.17) is 0 Å². The van der Waals surface area contributed by atoms with Crippen LogP contribution in [-0.4, -0.2) is 35.3 Å². The first-order chi connectivity index (χ1) is 32.7. The Morgan fingerprint density at radius 1 is 0.412 bits per heavy atom. The number of hydrogen-bond donors (Lipinski definition) is 0. The number of rotatable bonds is 8. The molecular formula is C54H40N4O8S2. The molecule has 0 N–H and O–H groups in total. The summed E-state index contributed by atoms with van der Waals surface area (Å²) in [5.74, 6) is 0. The van der Waals surface area contributed by atoms with Crippen LogP contribution in [0.3, 0.4) is 0 Å². The van der Waals surface area contributed by atoms with Gasteiger partial charge in [-0.1, -0.05) is 83.9 Å². The van der Waals surface area contributed by atoms with Gasteiger partial charge in [-0.2, -0.15) is 8.61 Å². The highest BCUT2D eigenvalue weighted by atomic mass is 32.2. The second-order valence-corrected chi connectivity index (χ2v) is 21.4. The molecule has 0 fully saturated rings. The van der Waals surface area contributed by atoms with Crippen molar-refractivity contribution in [2.45, 2.75) is 49.8 Å². The number of nitrogens with zero attached hydrogens (tertiary/aromatic N) is 4. The Labute approximate surface area is 390 Å². The fourth-order valence-electron chi connectivity index (χ4n) is 10.1. The Bertz CT molecular complexity index is 3870. The van der Waals surface area contributed by atoms with E-state index in [9.17, 15) is 37.1 Å². The van der Waals surface area contributed by atoms with Gasteiger partial charge in [0.25, 0.3) is 11.4 Å². The van der Waals surface area contributed by atoms with Crippen molar-refractivity contribution in [3.8, 4) is 22.3 Å². The molecule has 12 nitrogen and oxygen atoms in total. The quantitative estimate of drug-likeness (QED) is 0.107. The first-order valence-electron chi connectivity index (χ1n) is 21.9. The van der Waals surface area contributed by atoms with Crippen molar-refractivity contribution >= 4 is 31.4 Å². The van der Waals surface area contributed by atoms with E-state index < -0.39 is 29.9 Å². The van der Waals surface area contributed by atoms with Crippen LogP contribution in [0.25, 0.3) is 22.3 Å². The summed E-state index contributed by atoms with van der Waals surface area (Å²) in [6.45, 7) is 3.99. The van der Waals surface area contributed by atoms with E-state index in [-0.39, 0.29) is 47.3 Å². The van der Waals surface area contributed by atoms with Gasteiger partial charge in [0.1, 0.15) is 0 Å². The number of non-ortho nitro benzene ring substituents is 2. The van der Waals surface area contributed by atoms with Gasteiger partial charge in [-0.25, -0.2) is 16.8 Å². The van der Waals surface area contributed by atoms with Gasteiger partial charge in [0.15, 0.2) is 0 Å². The third-order valence-corrected chi connectivity index (χ3v) is 17.1. The van der Waals surface area contributed by atoms with Crippen molar-refractivity contribution in [2.24, 2.45) is 0 Å². The highest BCUT2D eigenvalue weighted by Crippen LogP contribution is 2.41. The topological polar surface area (TPSA) is 161 Å². The van der Waals surface area contributed by atoms with Gasteiger partial charge in [0.2, 0.25) is 20.0 Å². The summed E-state index contributed by atoms with van der Waals surface area (Å²) in [4.78, 5) is 23.1. The lowest BCUT2D eigenvalue weighted by Gasteiger charge is -2.16. The minimum Gasteiger partial charge on any atom is -0.258 e. The van der Waals surface area contributed by atoms with Crippen LogP contribution in [0.15, 0.2) is 168 Å². The van der Waals surface area contributed by atoms with E-state index in [1.807, 2.05) is 62.4 Å². The molecule has 2 heterocycles. The molecule has 0 bridgehead atoms. The van der Waals surface area contributed by atoms with Crippen LogP contribution in [0.5, 0.6) is 0 Å². The Hall–Kier alpha value is -7.62. The highest BCUT2D eigenvalue weighted by molar-refractivity contribution is 7.89. The van der Waals surface area contributed by atoms with Gasteiger partial charge in [0.05, 0.1) is 19.6 Å². The average molecular weight is 937 g/mol. The lowest BCUT2D eigenvalue weighted by molar-refractivity contribution is -0.385. The van der Waals surface area contributed by atoms with Crippen molar-refractivity contribution in [2.75, 3.05) is 0 Å². The fourth-order valence-corrected chi connectivity index (χ4v) is 12.9. The predicted octanol–water partition coefficient (Wildman–Crippen LogP) is 10.3. The van der Waals surface area contributed by atoms with E-state index in [2.05, 4.69) is 12.1 Å². The molecule has 0 amide bonds. The molecule has 0 saturated heterocycles. The predicted molar refractivity (Wildman–Crippen MR) is 256 cm³/mol. The summed E-state index contributed by atoms with van der Waals surface area (Å²) in [6, 6.07) is 46.2. The molecule has 0 spiro atoms. The van der Waals surface area contributed by atoms with Gasteiger partial charge in [0, 0.05) is 50.4 Å². The molecule has 8 aromatic carbocycles. The van der Waals surface area contributed by atoms with E-state index in [1.54, 1.807) is 72.8 Å². The zero-order chi connectivity index (χ0) is 47.2. The Morgan fingerprint density at radius 3 is 1.07 bits per heavy atom. The summed E-state index contributed by atoms with van der Waals surface area (Å²) in [5, 5.41) is 30.2. The second-order valence-electron chi connectivity index (χ2n) is 17.5. The first kappa shape index (κ1) is 43.0. The number of aryl methyl sites for hydroxylation is 2. The molecule has 0 saturated carbocycles. The second kappa shape index (κ2) is 16.0. The van der Waals surface area contributed by atoms with Crippen LogP contribution in [0.4, 0.5) is 11.4 Å². The molecule has 2 aliphatic heterocycles. The first-order valence-corrected chi connectivity index (χ1v) is 24.8. The van der Waals surface area contributed by atoms with Gasteiger partial charge < -0.3 is 0 Å². The number of benzene rings is 8. The van der Waals surface area contributed by atoms with Crippen molar-refractivity contribution in [1.82, 2.24) is 8.61 Å². The fraction of sp³-hybridized carbons (Fsp3) is 0.111. The number of fused-ring (bicyclic) bond motifs is 8. The minimum atomic E-state index is -4.01. The minimum absolute atomic E-state index is 0.0438. The molecule has 68 heavy (non-hydrogen) atoms. The van der Waals surface area contributed by atoms with E-state index in [0.29, 0.717) is 11.1 Å². The molecular weight excluding hydrogens is 897 g/mol. The lowest BCUT2D eigenvalue weighted by Crippen LogP contribution is -2.25. The number of hydrogen-bond acceptors (Lipinski definition) is 8. The third-order valence-electron chi connectivity index (χ3n) is 13.5. The summed E-state index contributed by atoms with van der Waals surface area (Å²) in [5.41, 5.74) is 7.68. The standard InChI is InChI=1S/C54H40N4O8S2/c1-33-11-23-39(24-12-33)67(63,64)55-29-49-45(35-15-19-37(20-16-35)57(59)60)27-47-42-8-4-6-10-44(42)54-48(41-7-3-5-9-43(41)53(47)51(49)31-55)28-46(36-17-21-38(22-18-36)58(61)62)50-30-56(32-52(50)54)68(65,66)40-25-13-34(2)14-26-40/h3-28H,29-32H2,1-2H3/b47-42-,48-41-,53-43+,54-44+. The Balaban J connectivity index is 1.30. The van der Waals surface area contributed by atoms with Crippen LogP contribution in [0, 0.1) is 75.8 Å². The zero-order valence-electron chi connectivity index (χ0n) is 36.7. The van der Waals surface area contributed by atoms with Gasteiger partial charge in [-0.15, -0.1) is 0 Å². The smallest absolute Gasteiger partial charge is 0.258 e. The van der Waals surface area contributed by atoms with E-state index in [0.717, 1.165) is 86.3 Å². The molecule has 8 aromatic rings. The largest absolute Gasteiger partial charge is 0.269 e. The molecule has 0 radical (unpaired) electrons. The monoisotopic (exact) mass is 936 g/mol. The summed E-state index contributed by atoms with van der Waals surface area (Å²) < 4.78 is 61.3.